The molecule has 0 aliphatic rings. The molecule has 6 heteroatoms. The number of aliphatic hydroxyl groups excluding tert-OH is 1. The number of amides is 1. The lowest BCUT2D eigenvalue weighted by molar-refractivity contribution is 0.0767. The highest BCUT2D eigenvalue weighted by Gasteiger charge is 2.14. The van der Waals surface area contributed by atoms with Crippen LogP contribution in [0.1, 0.15) is 10.4 Å². The largest absolute Gasteiger partial charge is 0.395 e. The molecule has 0 saturated heterocycles. The number of aliphatic hydroxyl groups is 1. The molecule has 0 radical (unpaired) electrons. The Morgan fingerprint density at radius 3 is 3.07 bits per heavy atom. The van der Waals surface area contributed by atoms with Gasteiger partial charge < -0.3 is 15.4 Å². The molecule has 1 aromatic heterocycles. The topological polar surface area (TPSA) is 91.5 Å². The Labute approximate surface area is 87.7 Å². The number of nitrogens with zero attached hydrogens (tertiary/aromatic N) is 2. The van der Waals surface area contributed by atoms with Gasteiger partial charge in [-0.15, -0.1) is 0 Å². The van der Waals surface area contributed by atoms with E-state index in [0.717, 1.165) is 0 Å². The quantitative estimate of drug-likeness (QED) is 0.457. The van der Waals surface area contributed by atoms with Gasteiger partial charge in [-0.1, -0.05) is 0 Å². The number of likely N-dealkylation sites (N-methyl/N-ethyl adjacent to an activating group) is 1. The van der Waals surface area contributed by atoms with E-state index in [1.165, 1.54) is 17.3 Å². The van der Waals surface area contributed by atoms with Gasteiger partial charge in [0.15, 0.2) is 0 Å². The molecule has 0 aliphatic carbocycles. The number of carbonyl (C=O) groups is 1. The number of anilines is 1. The molecule has 1 rings (SSSR count). The van der Waals surface area contributed by atoms with Gasteiger partial charge in [0, 0.05) is 26.0 Å². The van der Waals surface area contributed by atoms with Crippen molar-refractivity contribution in [1.29, 1.82) is 0 Å². The molecule has 0 aromatic carbocycles. The number of pyridine rings is 1. The zero-order valence-corrected chi connectivity index (χ0v) is 8.47. The fourth-order valence-electron chi connectivity index (χ4n) is 1.15. The van der Waals surface area contributed by atoms with E-state index in [-0.39, 0.29) is 19.1 Å². The third-order valence-corrected chi connectivity index (χ3v) is 1.99. The molecule has 0 spiro atoms. The highest BCUT2D eigenvalue weighted by Crippen LogP contribution is 2.13. The molecule has 0 aliphatic heterocycles. The molecule has 0 fully saturated rings. The summed E-state index contributed by atoms with van der Waals surface area (Å²) in [7, 11) is 1.60. The molecule has 15 heavy (non-hydrogen) atoms. The predicted octanol–water partition coefficient (Wildman–Crippen LogP) is -0.569. The third-order valence-electron chi connectivity index (χ3n) is 1.99. The fraction of sp³-hybridized carbons (Fsp3) is 0.333. The molecule has 4 N–H and O–H groups in total. The average molecular weight is 210 g/mol. The predicted molar refractivity (Wildman–Crippen MR) is 56.1 cm³/mol. The summed E-state index contributed by atoms with van der Waals surface area (Å²) in [6.07, 6.45) is 2.98. The van der Waals surface area contributed by atoms with E-state index in [0.29, 0.717) is 11.3 Å². The van der Waals surface area contributed by atoms with Crippen LogP contribution in [0.25, 0.3) is 0 Å². The Balaban J connectivity index is 2.90. The summed E-state index contributed by atoms with van der Waals surface area (Å²) in [5.74, 6) is 5.03. The van der Waals surface area contributed by atoms with Crippen molar-refractivity contribution in [1.82, 2.24) is 9.88 Å². The Hall–Kier alpha value is -1.66. The number of hydrogen-bond donors (Lipinski definition) is 3. The first kappa shape index (κ1) is 11.4. The van der Waals surface area contributed by atoms with Gasteiger partial charge >= 0.3 is 0 Å². The highest BCUT2D eigenvalue weighted by molar-refractivity contribution is 5.99. The number of nitrogens with two attached hydrogens (primary N) is 1. The van der Waals surface area contributed by atoms with E-state index in [2.05, 4.69) is 10.4 Å². The number of nitrogen functional groups attached to an aromatic ring is 1. The Kier molecular flexibility index (Phi) is 4.02. The number of hydrogen-bond acceptors (Lipinski definition) is 5. The summed E-state index contributed by atoms with van der Waals surface area (Å²) < 4.78 is 0. The molecular weight excluding hydrogens is 196 g/mol. The van der Waals surface area contributed by atoms with Gasteiger partial charge in [0.1, 0.15) is 0 Å². The van der Waals surface area contributed by atoms with E-state index in [1.54, 1.807) is 13.1 Å². The lowest BCUT2D eigenvalue weighted by Crippen LogP contribution is -2.30. The van der Waals surface area contributed by atoms with Gasteiger partial charge in [0.05, 0.1) is 17.9 Å². The van der Waals surface area contributed by atoms with Crippen molar-refractivity contribution in [3.05, 3.63) is 24.0 Å². The number of carbonyl (C=O) groups excluding carboxylic acids is 1. The van der Waals surface area contributed by atoms with E-state index >= 15 is 0 Å². The molecule has 1 amide bonds. The average Bonchev–Trinajstić information content (AvgIpc) is 2.28. The summed E-state index contributed by atoms with van der Waals surface area (Å²) >= 11 is 0. The Bertz CT molecular complexity index is 343. The number of aromatic nitrogens is 1. The molecule has 6 nitrogen and oxygen atoms in total. The minimum Gasteiger partial charge on any atom is -0.395 e. The van der Waals surface area contributed by atoms with Crippen molar-refractivity contribution in [2.45, 2.75) is 0 Å². The first-order valence-corrected chi connectivity index (χ1v) is 4.47. The minimum atomic E-state index is -0.231. The van der Waals surface area contributed by atoms with Crippen LogP contribution in [0.4, 0.5) is 5.69 Å². The van der Waals surface area contributed by atoms with E-state index < -0.39 is 0 Å². The maximum atomic E-state index is 11.8. The molecule has 82 valence electrons. The molecule has 0 atom stereocenters. The van der Waals surface area contributed by atoms with Gasteiger partial charge in [-0.25, -0.2) is 0 Å². The summed E-state index contributed by atoms with van der Waals surface area (Å²) in [4.78, 5) is 17.0. The van der Waals surface area contributed by atoms with Crippen LogP contribution in [0.15, 0.2) is 18.5 Å². The van der Waals surface area contributed by atoms with Crippen molar-refractivity contribution < 1.29 is 9.90 Å². The van der Waals surface area contributed by atoms with Crippen LogP contribution in [0.3, 0.4) is 0 Å². The smallest absolute Gasteiger partial charge is 0.257 e. The van der Waals surface area contributed by atoms with Crippen molar-refractivity contribution in [3.63, 3.8) is 0 Å². The fourth-order valence-corrected chi connectivity index (χ4v) is 1.15. The van der Waals surface area contributed by atoms with Crippen LogP contribution in [0, 0.1) is 0 Å². The summed E-state index contributed by atoms with van der Waals surface area (Å²) in [5, 5.41) is 8.71. The third kappa shape index (κ3) is 2.64. The van der Waals surface area contributed by atoms with Crippen LogP contribution >= 0.6 is 0 Å². The number of rotatable bonds is 4. The molecule has 0 saturated carbocycles. The van der Waals surface area contributed by atoms with Crippen molar-refractivity contribution >= 4 is 11.6 Å². The minimum absolute atomic E-state index is 0.0755. The lowest BCUT2D eigenvalue weighted by atomic mass is 10.2. The van der Waals surface area contributed by atoms with Gasteiger partial charge in [-0.05, 0) is 6.07 Å². The molecule has 1 aromatic rings. The maximum absolute atomic E-state index is 11.8. The van der Waals surface area contributed by atoms with Gasteiger partial charge in [0.25, 0.3) is 5.91 Å². The highest BCUT2D eigenvalue weighted by atomic mass is 16.3. The first-order chi connectivity index (χ1) is 7.20. The van der Waals surface area contributed by atoms with Crippen LogP contribution in [-0.2, 0) is 0 Å². The number of hydrazine groups is 1. The standard InChI is InChI=1S/C9H14N4O2/c1-13(4-5-14)9(15)7-6-11-3-2-8(7)12-10/h2-3,6,14H,4-5,10H2,1H3,(H,11,12). The number of nitrogens with one attached hydrogen (secondary N) is 1. The van der Waals surface area contributed by atoms with E-state index in [9.17, 15) is 4.79 Å². The summed E-state index contributed by atoms with van der Waals surface area (Å²) in [6.45, 7) is 0.200. The second-order valence-electron chi connectivity index (χ2n) is 3.02. The van der Waals surface area contributed by atoms with Gasteiger partial charge in [-0.3, -0.25) is 15.6 Å². The van der Waals surface area contributed by atoms with Crippen LogP contribution in [0.5, 0.6) is 0 Å². The maximum Gasteiger partial charge on any atom is 0.257 e. The second kappa shape index (κ2) is 5.28. The zero-order valence-electron chi connectivity index (χ0n) is 8.47. The molecule has 1 heterocycles. The van der Waals surface area contributed by atoms with Crippen molar-refractivity contribution in [3.8, 4) is 0 Å². The van der Waals surface area contributed by atoms with E-state index in [1.807, 2.05) is 0 Å². The van der Waals surface area contributed by atoms with Crippen LogP contribution in [-0.4, -0.2) is 41.1 Å². The Morgan fingerprint density at radius 1 is 1.73 bits per heavy atom. The van der Waals surface area contributed by atoms with Gasteiger partial charge in [0.2, 0.25) is 0 Å². The van der Waals surface area contributed by atoms with Gasteiger partial charge in [-0.2, -0.15) is 0 Å². The van der Waals surface area contributed by atoms with E-state index in [4.69, 9.17) is 10.9 Å². The molecule has 0 bridgehead atoms. The normalized spacial score (nSPS) is 9.80. The van der Waals surface area contributed by atoms with Crippen LogP contribution < -0.4 is 11.3 Å². The summed E-state index contributed by atoms with van der Waals surface area (Å²) in [6, 6.07) is 1.61. The second-order valence-corrected chi connectivity index (χ2v) is 3.02. The van der Waals surface area contributed by atoms with Crippen molar-refractivity contribution in [2.75, 3.05) is 25.6 Å². The first-order valence-electron chi connectivity index (χ1n) is 4.47. The SMILES string of the molecule is CN(CCO)C(=O)c1cnccc1NN. The van der Waals surface area contributed by atoms with Crippen LogP contribution in [0.2, 0.25) is 0 Å². The molecular formula is C9H14N4O2. The zero-order chi connectivity index (χ0) is 11.3. The Morgan fingerprint density at radius 2 is 2.47 bits per heavy atom. The molecule has 0 unspecified atom stereocenters. The van der Waals surface area contributed by atoms with Crippen molar-refractivity contribution in [2.24, 2.45) is 5.84 Å². The summed E-state index contributed by atoms with van der Waals surface area (Å²) in [5.41, 5.74) is 3.32. The lowest BCUT2D eigenvalue weighted by Gasteiger charge is -2.17. The monoisotopic (exact) mass is 210 g/mol.